The average molecular weight is 414 g/mol. The number of ether oxygens (including phenoxy) is 1. The molecule has 0 bridgehead atoms. The lowest BCUT2D eigenvalue weighted by Gasteiger charge is -2.05. The van der Waals surface area contributed by atoms with Crippen LogP contribution in [0, 0.1) is 21.4 Å². The van der Waals surface area contributed by atoms with Crippen molar-refractivity contribution in [1.82, 2.24) is 4.98 Å². The molecular weight excluding hydrogens is 402 g/mol. The highest BCUT2D eigenvalue weighted by molar-refractivity contribution is 7.11. The van der Waals surface area contributed by atoms with E-state index in [0.29, 0.717) is 21.3 Å². The number of allylic oxidation sites excluding steroid dienone is 1. The van der Waals surface area contributed by atoms with E-state index in [-0.39, 0.29) is 11.3 Å². The third-order valence-corrected chi connectivity index (χ3v) is 4.93. The van der Waals surface area contributed by atoms with Gasteiger partial charge in [-0.3, -0.25) is 10.1 Å². The van der Waals surface area contributed by atoms with Crippen molar-refractivity contribution in [3.63, 3.8) is 0 Å². The Morgan fingerprint density at radius 2 is 2.11 bits per heavy atom. The van der Waals surface area contributed by atoms with Crippen LogP contribution in [0.25, 0.3) is 22.9 Å². The zero-order chi connectivity index (χ0) is 20.3. The van der Waals surface area contributed by atoms with Crippen molar-refractivity contribution in [1.29, 1.82) is 5.26 Å². The molecule has 3 aromatic rings. The first kappa shape index (κ1) is 19.4. The number of nitrogens with zero attached hydrogens (tertiary/aromatic N) is 3. The maximum atomic E-state index is 11.1. The highest BCUT2D eigenvalue weighted by Crippen LogP contribution is 2.38. The van der Waals surface area contributed by atoms with Gasteiger partial charge in [0.2, 0.25) is 5.75 Å². The zero-order valence-corrected chi connectivity index (χ0v) is 16.0. The smallest absolute Gasteiger partial charge is 0.315 e. The Hall–Kier alpha value is -3.41. The predicted octanol–water partition coefficient (Wildman–Crippen LogP) is 5.15. The van der Waals surface area contributed by atoms with Crippen LogP contribution >= 0.6 is 22.9 Å². The molecule has 1 heterocycles. The Balaban J connectivity index is 2.02. The van der Waals surface area contributed by atoms with E-state index in [1.165, 1.54) is 36.7 Å². The van der Waals surface area contributed by atoms with Gasteiger partial charge in [0.1, 0.15) is 11.1 Å². The topological polar surface area (TPSA) is 109 Å². The van der Waals surface area contributed by atoms with E-state index < -0.39 is 16.4 Å². The Morgan fingerprint density at radius 1 is 1.39 bits per heavy atom. The molecule has 1 aromatic heterocycles. The second-order valence-corrected chi connectivity index (χ2v) is 6.86. The summed E-state index contributed by atoms with van der Waals surface area (Å²) in [5.41, 5.74) is 1.59. The normalized spacial score (nSPS) is 11.1. The fraction of sp³-hybridized carbons (Fsp3) is 0.0526. The lowest BCUT2D eigenvalue weighted by atomic mass is 10.1. The minimum absolute atomic E-state index is 0.0567. The molecule has 7 nitrogen and oxygen atoms in total. The number of phenols is 1. The lowest BCUT2D eigenvalue weighted by Crippen LogP contribution is -1.93. The number of nitro groups is 1. The molecule has 0 aliphatic carbocycles. The number of phenolic OH excluding ortho intramolecular Hbond substituents is 1. The third-order valence-electron chi connectivity index (χ3n) is 3.80. The van der Waals surface area contributed by atoms with Crippen LogP contribution in [0.4, 0.5) is 5.69 Å². The van der Waals surface area contributed by atoms with Gasteiger partial charge in [0, 0.05) is 22.0 Å². The summed E-state index contributed by atoms with van der Waals surface area (Å²) in [6.45, 7) is 0. The highest BCUT2D eigenvalue weighted by Gasteiger charge is 2.20. The summed E-state index contributed by atoms with van der Waals surface area (Å²) < 4.78 is 4.98. The first-order chi connectivity index (χ1) is 13.4. The molecule has 9 heteroatoms. The van der Waals surface area contributed by atoms with E-state index in [0.717, 1.165) is 5.56 Å². The van der Waals surface area contributed by atoms with Crippen molar-refractivity contribution in [2.24, 2.45) is 0 Å². The van der Waals surface area contributed by atoms with Gasteiger partial charge in [0.05, 0.1) is 23.3 Å². The Kier molecular flexibility index (Phi) is 5.59. The molecule has 0 fully saturated rings. The van der Waals surface area contributed by atoms with E-state index in [4.69, 9.17) is 16.3 Å². The van der Waals surface area contributed by atoms with Gasteiger partial charge in [-0.2, -0.15) is 5.26 Å². The molecule has 2 aromatic carbocycles. The second kappa shape index (κ2) is 8.08. The number of hydrogen-bond donors (Lipinski definition) is 1. The van der Waals surface area contributed by atoms with Gasteiger partial charge >= 0.3 is 5.69 Å². The Bertz CT molecular complexity index is 1120. The van der Waals surface area contributed by atoms with E-state index in [1.807, 2.05) is 17.5 Å². The maximum absolute atomic E-state index is 11.1. The molecule has 0 aliphatic rings. The van der Waals surface area contributed by atoms with Crippen molar-refractivity contribution in [3.8, 4) is 28.8 Å². The quantitative estimate of drug-likeness (QED) is 0.352. The van der Waals surface area contributed by atoms with Crippen LogP contribution in [-0.2, 0) is 0 Å². The molecule has 0 amide bonds. The van der Waals surface area contributed by atoms with Crippen molar-refractivity contribution in [2.75, 3.05) is 7.11 Å². The van der Waals surface area contributed by atoms with Gasteiger partial charge in [0.15, 0.2) is 5.75 Å². The standard InChI is InChI=1S/C19H12ClN3O4S/c1-27-17-8-11(7-16(18(17)24)23(25)26)6-13(9-21)19-22-15(10-28-19)12-2-4-14(20)5-3-12/h2-8,10,24H,1H3/b13-6-. The van der Waals surface area contributed by atoms with Crippen LogP contribution in [-0.4, -0.2) is 22.1 Å². The summed E-state index contributed by atoms with van der Waals surface area (Å²) in [7, 11) is 1.29. The molecule has 3 rings (SSSR count). The highest BCUT2D eigenvalue weighted by atomic mass is 35.5. The predicted molar refractivity (Wildman–Crippen MR) is 107 cm³/mol. The summed E-state index contributed by atoms with van der Waals surface area (Å²) in [6, 6.07) is 11.8. The number of thiazole rings is 1. The molecule has 0 radical (unpaired) electrons. The number of nitriles is 1. The molecule has 0 saturated heterocycles. The summed E-state index contributed by atoms with van der Waals surface area (Å²) >= 11 is 7.17. The largest absolute Gasteiger partial charge is 0.500 e. The van der Waals surface area contributed by atoms with Crippen molar-refractivity contribution >= 4 is 40.3 Å². The van der Waals surface area contributed by atoms with Gasteiger partial charge < -0.3 is 9.84 Å². The molecule has 0 saturated carbocycles. The maximum Gasteiger partial charge on any atom is 0.315 e. The first-order valence-electron chi connectivity index (χ1n) is 7.82. The van der Waals surface area contributed by atoms with Crippen molar-refractivity contribution in [3.05, 3.63) is 67.5 Å². The number of rotatable bonds is 5. The van der Waals surface area contributed by atoms with Gasteiger partial charge in [-0.25, -0.2) is 4.98 Å². The van der Waals surface area contributed by atoms with Crippen LogP contribution in [0.2, 0.25) is 5.02 Å². The van der Waals surface area contributed by atoms with E-state index in [2.05, 4.69) is 11.1 Å². The molecule has 0 atom stereocenters. The molecule has 0 unspecified atom stereocenters. The number of aromatic hydroxyl groups is 1. The van der Waals surface area contributed by atoms with Crippen LogP contribution in [0.5, 0.6) is 11.5 Å². The fourth-order valence-corrected chi connectivity index (χ4v) is 3.37. The number of benzene rings is 2. The van der Waals surface area contributed by atoms with Gasteiger partial charge in [0.25, 0.3) is 0 Å². The second-order valence-electron chi connectivity index (χ2n) is 5.56. The van der Waals surface area contributed by atoms with Gasteiger partial charge in [-0.05, 0) is 29.8 Å². The van der Waals surface area contributed by atoms with E-state index in [1.54, 1.807) is 12.1 Å². The molecule has 0 spiro atoms. The van der Waals surface area contributed by atoms with Crippen molar-refractivity contribution < 1.29 is 14.8 Å². The number of nitro benzene ring substituents is 1. The lowest BCUT2D eigenvalue weighted by molar-refractivity contribution is -0.386. The minimum atomic E-state index is -0.719. The Morgan fingerprint density at radius 3 is 2.71 bits per heavy atom. The van der Waals surface area contributed by atoms with Crippen LogP contribution in [0.15, 0.2) is 41.8 Å². The molecule has 0 aliphatic heterocycles. The summed E-state index contributed by atoms with van der Waals surface area (Å²) in [4.78, 5) is 14.9. The molecule has 28 heavy (non-hydrogen) atoms. The van der Waals surface area contributed by atoms with Crippen molar-refractivity contribution in [2.45, 2.75) is 0 Å². The monoisotopic (exact) mass is 413 g/mol. The molecular formula is C19H12ClN3O4S. The van der Waals surface area contributed by atoms with Gasteiger partial charge in [-0.1, -0.05) is 23.7 Å². The number of aromatic nitrogens is 1. The number of hydrogen-bond acceptors (Lipinski definition) is 7. The molecule has 1 N–H and O–H groups in total. The first-order valence-corrected chi connectivity index (χ1v) is 9.07. The summed E-state index contributed by atoms with van der Waals surface area (Å²) in [5, 5.41) is 33.4. The van der Waals surface area contributed by atoms with E-state index in [9.17, 15) is 20.5 Å². The van der Waals surface area contributed by atoms with E-state index >= 15 is 0 Å². The van der Waals surface area contributed by atoms with Crippen LogP contribution in [0.1, 0.15) is 10.6 Å². The number of halogens is 1. The Labute approximate surface area is 168 Å². The average Bonchev–Trinajstić information content (AvgIpc) is 3.17. The van der Waals surface area contributed by atoms with Crippen LogP contribution < -0.4 is 4.74 Å². The summed E-state index contributed by atoms with van der Waals surface area (Å²) in [5.74, 6) is -0.624. The minimum Gasteiger partial charge on any atom is -0.500 e. The third kappa shape index (κ3) is 3.96. The summed E-state index contributed by atoms with van der Waals surface area (Å²) in [6.07, 6.45) is 1.46. The number of methoxy groups -OCH3 is 1. The van der Waals surface area contributed by atoms with Gasteiger partial charge in [-0.15, -0.1) is 11.3 Å². The SMILES string of the molecule is COc1cc(/C=C(/C#N)c2nc(-c3ccc(Cl)cc3)cs2)cc([N+](=O)[O-])c1O. The fourth-order valence-electron chi connectivity index (χ4n) is 2.45. The van der Waals surface area contributed by atoms with Crippen LogP contribution in [0.3, 0.4) is 0 Å². The molecule has 140 valence electrons. The zero-order valence-electron chi connectivity index (χ0n) is 14.4.